The number of nitrogens with zero attached hydrogens (tertiary/aromatic N) is 5. The summed E-state index contributed by atoms with van der Waals surface area (Å²) in [5.41, 5.74) is 0.344. The summed E-state index contributed by atoms with van der Waals surface area (Å²) in [5.74, 6) is -0.819. The van der Waals surface area contributed by atoms with Crippen LogP contribution in [-0.4, -0.2) is 51.6 Å². The molecule has 2 aliphatic rings. The number of piperazine rings is 1. The first kappa shape index (κ1) is 14.9. The number of amides is 1. The van der Waals surface area contributed by atoms with E-state index in [4.69, 9.17) is 0 Å². The quantitative estimate of drug-likeness (QED) is 0.790. The first-order chi connectivity index (χ1) is 11.5. The van der Waals surface area contributed by atoms with Gasteiger partial charge in [0.1, 0.15) is 5.82 Å². The predicted octanol–water partition coefficient (Wildman–Crippen LogP) is 1.57. The number of likely N-dealkylation sites (tertiary alicyclic amines) is 1. The Kier molecular flexibility index (Phi) is 3.22. The minimum Gasteiger partial charge on any atom is -0.350 e. The Morgan fingerprint density at radius 1 is 1.25 bits per heavy atom. The van der Waals surface area contributed by atoms with E-state index >= 15 is 0 Å². The molecule has 10 heteroatoms. The van der Waals surface area contributed by atoms with Gasteiger partial charge in [0.25, 0.3) is 0 Å². The number of carbonyl (C=O) groups excluding carboxylic acids is 1. The lowest BCUT2D eigenvalue weighted by Crippen LogP contribution is -2.46. The molecule has 0 saturated carbocycles. The third-order valence-electron chi connectivity index (χ3n) is 4.39. The summed E-state index contributed by atoms with van der Waals surface area (Å²) in [5, 5.41) is 3.33. The van der Waals surface area contributed by atoms with Crippen molar-refractivity contribution in [2.45, 2.75) is 24.7 Å². The number of alkyl halides is 3. The van der Waals surface area contributed by atoms with E-state index < -0.39 is 12.1 Å². The molecule has 2 aromatic rings. The summed E-state index contributed by atoms with van der Waals surface area (Å²) in [4.78, 5) is 22.4. The summed E-state index contributed by atoms with van der Waals surface area (Å²) in [6, 6.07) is 3.74. The van der Waals surface area contributed by atoms with Crippen LogP contribution in [0.1, 0.15) is 12.3 Å². The molecular weight excluding hydrogens is 327 g/mol. The summed E-state index contributed by atoms with van der Waals surface area (Å²) in [7, 11) is 0. The molecule has 2 aromatic heterocycles. The van der Waals surface area contributed by atoms with Gasteiger partial charge in [-0.25, -0.2) is 4.98 Å². The molecule has 2 aliphatic heterocycles. The molecular formula is C14H12F3N5O2. The molecule has 0 aromatic carbocycles. The van der Waals surface area contributed by atoms with Crippen LogP contribution in [0.25, 0.3) is 11.4 Å². The van der Waals surface area contributed by atoms with E-state index in [2.05, 4.69) is 24.5 Å². The number of aromatic nitrogens is 3. The molecule has 2 fully saturated rings. The average molecular weight is 339 g/mol. The van der Waals surface area contributed by atoms with Gasteiger partial charge in [0.2, 0.25) is 12.2 Å². The highest BCUT2D eigenvalue weighted by Gasteiger charge is 2.43. The fourth-order valence-corrected chi connectivity index (χ4v) is 3.25. The summed E-state index contributed by atoms with van der Waals surface area (Å²) >= 11 is 0. The lowest BCUT2D eigenvalue weighted by Gasteiger charge is -2.32. The Morgan fingerprint density at radius 2 is 2.08 bits per heavy atom. The number of hydrogen-bond donors (Lipinski definition) is 0. The first-order valence-electron chi connectivity index (χ1n) is 7.30. The van der Waals surface area contributed by atoms with Crippen molar-refractivity contribution in [3.05, 3.63) is 24.2 Å². The van der Waals surface area contributed by atoms with E-state index in [1.54, 1.807) is 17.0 Å². The molecule has 4 heterocycles. The van der Waals surface area contributed by atoms with Gasteiger partial charge >= 0.3 is 12.1 Å². The van der Waals surface area contributed by atoms with Crippen molar-refractivity contribution in [2.24, 2.45) is 0 Å². The molecule has 2 bridgehead atoms. The average Bonchev–Trinajstić information content (AvgIpc) is 3.28. The minimum absolute atomic E-state index is 0.156. The first-order valence-corrected chi connectivity index (χ1v) is 7.30. The molecule has 2 saturated heterocycles. The second-order valence-electron chi connectivity index (χ2n) is 5.82. The summed E-state index contributed by atoms with van der Waals surface area (Å²) in [6.07, 6.45) is -1.48. The van der Waals surface area contributed by atoms with Crippen molar-refractivity contribution in [2.75, 3.05) is 18.0 Å². The van der Waals surface area contributed by atoms with Crippen LogP contribution in [0.2, 0.25) is 0 Å². The molecule has 0 radical (unpaired) electrons. The molecule has 0 spiro atoms. The van der Waals surface area contributed by atoms with E-state index in [1.165, 1.54) is 6.20 Å². The fraction of sp³-hybridized carbons (Fsp3) is 0.429. The third-order valence-corrected chi connectivity index (χ3v) is 4.39. The van der Waals surface area contributed by atoms with Crippen LogP contribution in [-0.2, 0) is 11.0 Å². The number of halogens is 3. The Bertz CT molecular complexity index is 761. The summed E-state index contributed by atoms with van der Waals surface area (Å²) < 4.78 is 41.7. The predicted molar refractivity (Wildman–Crippen MR) is 74.8 cm³/mol. The van der Waals surface area contributed by atoms with E-state index in [9.17, 15) is 18.0 Å². The Hall–Kier alpha value is -2.65. The molecule has 1 amide bonds. The van der Waals surface area contributed by atoms with Gasteiger partial charge in [0.15, 0.2) is 0 Å². The molecule has 7 nitrogen and oxygen atoms in total. The Balaban J connectivity index is 1.52. The van der Waals surface area contributed by atoms with Crippen LogP contribution in [0.5, 0.6) is 0 Å². The summed E-state index contributed by atoms with van der Waals surface area (Å²) in [6.45, 7) is 1.37. The molecule has 126 valence electrons. The highest BCUT2D eigenvalue weighted by molar-refractivity contribution is 5.58. The maximum absolute atomic E-state index is 12.5. The van der Waals surface area contributed by atoms with Gasteiger partial charge in [-0.3, -0.25) is 4.79 Å². The lowest BCUT2D eigenvalue weighted by molar-refractivity contribution is -0.159. The normalized spacial score (nSPS) is 23.1. The maximum Gasteiger partial charge on any atom is 0.471 e. The number of carbonyl (C=O) groups is 1. The van der Waals surface area contributed by atoms with Crippen molar-refractivity contribution in [3.63, 3.8) is 0 Å². The van der Waals surface area contributed by atoms with Crippen molar-refractivity contribution >= 4 is 12.2 Å². The van der Waals surface area contributed by atoms with Crippen molar-refractivity contribution in [3.8, 4) is 11.4 Å². The SMILES string of the molecule is O=CN1CC2CC1CN2c1ccc(-c2noc(C(F)(F)F)n2)cn1. The topological polar surface area (TPSA) is 75.4 Å². The molecule has 0 N–H and O–H groups in total. The minimum atomic E-state index is -4.67. The molecule has 0 aliphatic carbocycles. The van der Waals surface area contributed by atoms with Crippen LogP contribution in [0.3, 0.4) is 0 Å². The molecule has 2 atom stereocenters. The van der Waals surface area contributed by atoms with Crippen molar-refractivity contribution in [1.82, 2.24) is 20.0 Å². The molecule has 24 heavy (non-hydrogen) atoms. The van der Waals surface area contributed by atoms with Crippen LogP contribution in [0.4, 0.5) is 19.0 Å². The van der Waals surface area contributed by atoms with Gasteiger partial charge in [0.05, 0.1) is 12.1 Å². The number of rotatable bonds is 3. The van der Waals surface area contributed by atoms with Crippen LogP contribution >= 0.6 is 0 Å². The second-order valence-corrected chi connectivity index (χ2v) is 5.82. The van der Waals surface area contributed by atoms with Gasteiger partial charge in [-0.15, -0.1) is 0 Å². The highest BCUT2D eigenvalue weighted by atomic mass is 19.4. The second kappa shape index (κ2) is 5.18. The van der Waals surface area contributed by atoms with E-state index in [0.717, 1.165) is 18.6 Å². The maximum atomic E-state index is 12.5. The van der Waals surface area contributed by atoms with Crippen molar-refractivity contribution in [1.29, 1.82) is 0 Å². The van der Waals surface area contributed by atoms with Crippen LogP contribution in [0, 0.1) is 0 Å². The largest absolute Gasteiger partial charge is 0.471 e. The number of pyridine rings is 1. The zero-order valence-corrected chi connectivity index (χ0v) is 12.3. The van der Waals surface area contributed by atoms with Crippen LogP contribution < -0.4 is 4.90 Å². The molecule has 4 rings (SSSR count). The zero-order chi connectivity index (χ0) is 16.9. The zero-order valence-electron chi connectivity index (χ0n) is 12.3. The van der Waals surface area contributed by atoms with Gasteiger partial charge in [-0.1, -0.05) is 5.16 Å². The Morgan fingerprint density at radius 3 is 2.62 bits per heavy atom. The standard InChI is InChI=1S/C14H12F3N5O2/c15-14(16,17)13-19-12(20-24-13)8-1-2-11(18-4-8)22-6-9-3-10(22)5-21(9)7-23/h1-2,4,7,9-10H,3,5-6H2. The Labute approximate surface area is 134 Å². The number of fused-ring (bicyclic) bond motifs is 2. The van der Waals surface area contributed by atoms with Gasteiger partial charge in [-0.05, 0) is 18.6 Å². The molecule has 2 unspecified atom stereocenters. The van der Waals surface area contributed by atoms with E-state index in [1.807, 2.05) is 0 Å². The number of hydrogen-bond acceptors (Lipinski definition) is 6. The highest BCUT2D eigenvalue weighted by Crippen LogP contribution is 2.33. The number of anilines is 1. The van der Waals surface area contributed by atoms with Gasteiger partial charge < -0.3 is 14.3 Å². The lowest BCUT2D eigenvalue weighted by atomic mass is 10.2. The van der Waals surface area contributed by atoms with E-state index in [0.29, 0.717) is 18.7 Å². The third kappa shape index (κ3) is 2.38. The fourth-order valence-electron chi connectivity index (χ4n) is 3.25. The van der Waals surface area contributed by atoms with Crippen LogP contribution in [0.15, 0.2) is 22.9 Å². The smallest absolute Gasteiger partial charge is 0.350 e. The monoisotopic (exact) mass is 339 g/mol. The van der Waals surface area contributed by atoms with Gasteiger partial charge in [0, 0.05) is 24.8 Å². The van der Waals surface area contributed by atoms with E-state index in [-0.39, 0.29) is 17.9 Å². The van der Waals surface area contributed by atoms with Crippen molar-refractivity contribution < 1.29 is 22.5 Å². The van der Waals surface area contributed by atoms with Gasteiger partial charge in [-0.2, -0.15) is 18.2 Å².